The van der Waals surface area contributed by atoms with E-state index >= 15 is 0 Å². The summed E-state index contributed by atoms with van der Waals surface area (Å²) in [6.45, 7) is 1.15. The average molecular weight is 383 g/mol. The molecule has 0 aliphatic carbocycles. The number of carbonyl (C=O) groups excluding carboxylic acids is 1. The minimum Gasteiger partial charge on any atom is -0.478 e. The fourth-order valence-corrected chi connectivity index (χ4v) is 3.62. The van der Waals surface area contributed by atoms with E-state index in [1.807, 2.05) is 30.3 Å². The summed E-state index contributed by atoms with van der Waals surface area (Å²) in [5.41, 5.74) is 1.15. The highest BCUT2D eigenvalue weighted by atomic mass is 16.6. The smallest absolute Gasteiger partial charge is 0.336 e. The van der Waals surface area contributed by atoms with Gasteiger partial charge in [-0.25, -0.2) is 4.79 Å². The molecule has 2 aromatic rings. The van der Waals surface area contributed by atoms with Gasteiger partial charge in [0.05, 0.1) is 37.0 Å². The molecule has 2 fully saturated rings. The largest absolute Gasteiger partial charge is 0.478 e. The molecular formula is C21H21NO6. The SMILES string of the molecule is O=C(O)c1ccccc1C(=O)N[C@H]1CO[C@H]2[C@H]1OC[C@@H]2OCc1ccccc1. The van der Waals surface area contributed by atoms with Crippen molar-refractivity contribution in [2.45, 2.75) is 31.0 Å². The van der Waals surface area contributed by atoms with E-state index in [0.717, 1.165) is 5.56 Å². The minimum absolute atomic E-state index is 0.0353. The summed E-state index contributed by atoms with van der Waals surface area (Å²) in [6.07, 6.45) is -0.788. The summed E-state index contributed by atoms with van der Waals surface area (Å²) < 4.78 is 17.6. The van der Waals surface area contributed by atoms with E-state index in [-0.39, 0.29) is 35.5 Å². The average Bonchev–Trinajstić information content (AvgIpc) is 3.30. The topological polar surface area (TPSA) is 94.1 Å². The van der Waals surface area contributed by atoms with Crippen molar-refractivity contribution in [1.82, 2.24) is 5.32 Å². The Hall–Kier alpha value is -2.74. The van der Waals surface area contributed by atoms with Gasteiger partial charge < -0.3 is 24.6 Å². The number of rotatable bonds is 6. The van der Waals surface area contributed by atoms with Crippen molar-refractivity contribution in [2.75, 3.05) is 13.2 Å². The summed E-state index contributed by atoms with van der Waals surface area (Å²) in [4.78, 5) is 23.9. The Kier molecular flexibility index (Phi) is 5.38. The molecule has 0 radical (unpaired) electrons. The Labute approximate surface area is 162 Å². The first kappa shape index (κ1) is 18.6. The Morgan fingerprint density at radius 1 is 0.964 bits per heavy atom. The van der Waals surface area contributed by atoms with E-state index in [2.05, 4.69) is 5.32 Å². The number of fused-ring (bicyclic) bond motifs is 1. The quantitative estimate of drug-likeness (QED) is 0.791. The first-order chi connectivity index (χ1) is 13.6. The molecule has 4 rings (SSSR count). The van der Waals surface area contributed by atoms with Gasteiger partial charge in [0.15, 0.2) is 0 Å². The number of hydrogen-bond donors (Lipinski definition) is 2. The van der Waals surface area contributed by atoms with Gasteiger partial charge >= 0.3 is 5.97 Å². The van der Waals surface area contributed by atoms with Crippen LogP contribution in [0.25, 0.3) is 0 Å². The number of carboxylic acid groups (broad SMARTS) is 1. The predicted octanol–water partition coefficient (Wildman–Crippen LogP) is 1.87. The summed E-state index contributed by atoms with van der Waals surface area (Å²) in [5.74, 6) is -1.60. The van der Waals surface area contributed by atoms with Gasteiger partial charge in [0.25, 0.3) is 5.91 Å². The second kappa shape index (κ2) is 8.10. The lowest BCUT2D eigenvalue weighted by Gasteiger charge is -2.18. The highest BCUT2D eigenvalue weighted by molar-refractivity contribution is 6.04. The van der Waals surface area contributed by atoms with Crippen molar-refractivity contribution in [3.8, 4) is 0 Å². The molecule has 7 nitrogen and oxygen atoms in total. The second-order valence-corrected chi connectivity index (χ2v) is 6.86. The lowest BCUT2D eigenvalue weighted by atomic mass is 10.0. The summed E-state index contributed by atoms with van der Waals surface area (Å²) in [7, 11) is 0. The zero-order valence-electron chi connectivity index (χ0n) is 15.1. The number of benzene rings is 2. The number of carboxylic acids is 1. The van der Waals surface area contributed by atoms with Gasteiger partial charge in [-0.1, -0.05) is 42.5 Å². The highest BCUT2D eigenvalue weighted by Gasteiger charge is 2.48. The van der Waals surface area contributed by atoms with E-state index in [9.17, 15) is 14.7 Å². The van der Waals surface area contributed by atoms with Gasteiger partial charge in [0.1, 0.15) is 18.3 Å². The molecule has 28 heavy (non-hydrogen) atoms. The van der Waals surface area contributed by atoms with Crippen LogP contribution in [0.4, 0.5) is 0 Å². The normalized spacial score (nSPS) is 26.0. The maximum atomic E-state index is 12.6. The van der Waals surface area contributed by atoms with Crippen LogP contribution in [0.5, 0.6) is 0 Å². The van der Waals surface area contributed by atoms with E-state index in [4.69, 9.17) is 14.2 Å². The van der Waals surface area contributed by atoms with E-state index in [1.165, 1.54) is 12.1 Å². The Morgan fingerprint density at radius 2 is 1.64 bits per heavy atom. The molecule has 4 atom stereocenters. The Bertz CT molecular complexity index is 855. The molecule has 2 aliphatic heterocycles. The van der Waals surface area contributed by atoms with Crippen LogP contribution in [0.2, 0.25) is 0 Å². The van der Waals surface area contributed by atoms with Crippen LogP contribution in [0.3, 0.4) is 0 Å². The Morgan fingerprint density at radius 3 is 2.39 bits per heavy atom. The first-order valence-electron chi connectivity index (χ1n) is 9.15. The molecule has 0 aromatic heterocycles. The summed E-state index contributed by atoms with van der Waals surface area (Å²) in [6, 6.07) is 15.6. The maximum Gasteiger partial charge on any atom is 0.336 e. The number of nitrogens with one attached hydrogen (secondary N) is 1. The first-order valence-corrected chi connectivity index (χ1v) is 9.15. The molecule has 0 saturated carbocycles. The van der Waals surface area contributed by atoms with E-state index in [0.29, 0.717) is 19.8 Å². The third kappa shape index (κ3) is 3.77. The fourth-order valence-electron chi connectivity index (χ4n) is 3.62. The van der Waals surface area contributed by atoms with Crippen LogP contribution >= 0.6 is 0 Å². The van der Waals surface area contributed by atoms with Crippen molar-refractivity contribution in [3.63, 3.8) is 0 Å². The van der Waals surface area contributed by atoms with Gasteiger partial charge in [0, 0.05) is 0 Å². The van der Waals surface area contributed by atoms with Crippen molar-refractivity contribution in [3.05, 3.63) is 71.3 Å². The van der Waals surface area contributed by atoms with Crippen LogP contribution < -0.4 is 5.32 Å². The predicted molar refractivity (Wildman–Crippen MR) is 99.2 cm³/mol. The zero-order valence-corrected chi connectivity index (χ0v) is 15.1. The zero-order chi connectivity index (χ0) is 19.5. The van der Waals surface area contributed by atoms with Crippen LogP contribution in [0.1, 0.15) is 26.3 Å². The van der Waals surface area contributed by atoms with Crippen molar-refractivity contribution in [2.24, 2.45) is 0 Å². The van der Waals surface area contributed by atoms with E-state index in [1.54, 1.807) is 12.1 Å². The number of amides is 1. The maximum absolute atomic E-state index is 12.6. The van der Waals surface area contributed by atoms with Crippen molar-refractivity contribution >= 4 is 11.9 Å². The second-order valence-electron chi connectivity index (χ2n) is 6.86. The molecule has 7 heteroatoms. The van der Waals surface area contributed by atoms with Crippen LogP contribution in [0.15, 0.2) is 54.6 Å². The van der Waals surface area contributed by atoms with Crippen molar-refractivity contribution in [1.29, 1.82) is 0 Å². The molecule has 0 unspecified atom stereocenters. The van der Waals surface area contributed by atoms with Crippen LogP contribution in [-0.4, -0.2) is 54.6 Å². The highest BCUT2D eigenvalue weighted by Crippen LogP contribution is 2.29. The molecule has 2 aliphatic rings. The molecule has 2 N–H and O–H groups in total. The lowest BCUT2D eigenvalue weighted by molar-refractivity contribution is -0.0392. The minimum atomic E-state index is -1.14. The monoisotopic (exact) mass is 383 g/mol. The molecular weight excluding hydrogens is 362 g/mol. The molecule has 0 bridgehead atoms. The van der Waals surface area contributed by atoms with Gasteiger partial charge in [0.2, 0.25) is 0 Å². The molecule has 2 heterocycles. The number of carbonyl (C=O) groups is 2. The van der Waals surface area contributed by atoms with Gasteiger partial charge in [-0.2, -0.15) is 0 Å². The molecule has 0 spiro atoms. The third-order valence-corrected chi connectivity index (χ3v) is 5.03. The molecule has 2 saturated heterocycles. The Balaban J connectivity index is 1.37. The summed E-state index contributed by atoms with van der Waals surface area (Å²) in [5, 5.41) is 12.1. The fraction of sp³-hybridized carbons (Fsp3) is 0.333. The molecule has 1 amide bonds. The number of ether oxygens (including phenoxy) is 3. The number of aromatic carboxylic acids is 1. The summed E-state index contributed by atoms with van der Waals surface area (Å²) >= 11 is 0. The van der Waals surface area contributed by atoms with Gasteiger partial charge in [-0.3, -0.25) is 4.79 Å². The van der Waals surface area contributed by atoms with Crippen LogP contribution in [-0.2, 0) is 20.8 Å². The van der Waals surface area contributed by atoms with Gasteiger partial charge in [-0.05, 0) is 17.7 Å². The third-order valence-electron chi connectivity index (χ3n) is 5.03. The van der Waals surface area contributed by atoms with Crippen molar-refractivity contribution < 1.29 is 28.9 Å². The molecule has 2 aromatic carbocycles. The molecule has 146 valence electrons. The van der Waals surface area contributed by atoms with Crippen LogP contribution in [0, 0.1) is 0 Å². The van der Waals surface area contributed by atoms with E-state index < -0.39 is 11.9 Å². The lowest BCUT2D eigenvalue weighted by Crippen LogP contribution is -2.44. The standard InChI is InChI=1S/C21H21NO6/c23-20(14-8-4-5-9-15(14)21(24)25)22-16-11-27-19-17(12-28-18(16)19)26-10-13-6-2-1-3-7-13/h1-9,16-19H,10-12H2,(H,22,23)(H,24,25)/t16-,17-,18-,19+/m0/s1. The van der Waals surface area contributed by atoms with Gasteiger partial charge in [-0.15, -0.1) is 0 Å². The number of hydrogen-bond acceptors (Lipinski definition) is 5.